The van der Waals surface area contributed by atoms with Crippen molar-refractivity contribution in [3.63, 3.8) is 0 Å². The van der Waals surface area contributed by atoms with Crippen molar-refractivity contribution in [2.24, 2.45) is 5.92 Å². The number of fused-ring (bicyclic) bond motifs is 1. The van der Waals surface area contributed by atoms with Gasteiger partial charge in [-0.15, -0.1) is 0 Å². The molecule has 0 aromatic heterocycles. The standard InChI is InChI=1S/C14H26O5S/c1-8(2)10(5)20(15,16)12-7-18-13-11(19-9(3)4)6-17-14(12)13/h8-14H,6-7H2,1-5H3/t10?,11?,12?,13-,14-/m1/s1. The van der Waals surface area contributed by atoms with E-state index < -0.39 is 15.1 Å². The molecular weight excluding hydrogens is 280 g/mol. The van der Waals surface area contributed by atoms with Crippen molar-refractivity contribution in [2.45, 2.75) is 69.5 Å². The lowest BCUT2D eigenvalue weighted by molar-refractivity contribution is -0.0568. The van der Waals surface area contributed by atoms with Gasteiger partial charge in [0.25, 0.3) is 0 Å². The summed E-state index contributed by atoms with van der Waals surface area (Å²) in [6.07, 6.45) is -0.716. The molecule has 0 radical (unpaired) electrons. The molecule has 0 spiro atoms. The summed E-state index contributed by atoms with van der Waals surface area (Å²) in [6, 6.07) is 0. The molecule has 118 valence electrons. The highest BCUT2D eigenvalue weighted by Gasteiger charge is 2.54. The molecule has 2 saturated heterocycles. The summed E-state index contributed by atoms with van der Waals surface area (Å²) in [6.45, 7) is 10.2. The molecule has 2 heterocycles. The molecule has 2 aliphatic rings. The Morgan fingerprint density at radius 1 is 1.00 bits per heavy atom. The highest BCUT2D eigenvalue weighted by molar-refractivity contribution is 7.92. The molecule has 0 amide bonds. The molecule has 0 N–H and O–H groups in total. The van der Waals surface area contributed by atoms with Crippen LogP contribution in [0.1, 0.15) is 34.6 Å². The van der Waals surface area contributed by atoms with Crippen molar-refractivity contribution in [3.8, 4) is 0 Å². The Morgan fingerprint density at radius 2 is 1.60 bits per heavy atom. The zero-order chi connectivity index (χ0) is 15.1. The average Bonchev–Trinajstić information content (AvgIpc) is 2.90. The topological polar surface area (TPSA) is 61.8 Å². The van der Waals surface area contributed by atoms with Crippen LogP contribution in [0, 0.1) is 5.92 Å². The van der Waals surface area contributed by atoms with Gasteiger partial charge >= 0.3 is 0 Å². The zero-order valence-corrected chi connectivity index (χ0v) is 13.7. The maximum Gasteiger partial charge on any atom is 0.160 e. The van der Waals surface area contributed by atoms with Gasteiger partial charge in [0, 0.05) is 0 Å². The fourth-order valence-corrected chi connectivity index (χ4v) is 5.02. The first kappa shape index (κ1) is 16.2. The maximum absolute atomic E-state index is 12.6. The van der Waals surface area contributed by atoms with Crippen LogP contribution in [-0.2, 0) is 24.0 Å². The zero-order valence-electron chi connectivity index (χ0n) is 12.9. The molecule has 5 atom stereocenters. The predicted octanol–water partition coefficient (Wildman–Crippen LogP) is 1.41. The van der Waals surface area contributed by atoms with Crippen molar-refractivity contribution >= 4 is 9.84 Å². The monoisotopic (exact) mass is 306 g/mol. The molecule has 2 aliphatic heterocycles. The molecule has 6 heteroatoms. The number of sulfone groups is 1. The van der Waals surface area contributed by atoms with Gasteiger partial charge in [-0.3, -0.25) is 0 Å². The lowest BCUT2D eigenvalue weighted by Gasteiger charge is -2.23. The summed E-state index contributed by atoms with van der Waals surface area (Å²) >= 11 is 0. The van der Waals surface area contributed by atoms with Crippen molar-refractivity contribution in [2.75, 3.05) is 13.2 Å². The second-order valence-electron chi connectivity index (χ2n) is 6.40. The first-order chi connectivity index (χ1) is 9.25. The number of rotatable bonds is 5. The highest BCUT2D eigenvalue weighted by atomic mass is 32.2. The second kappa shape index (κ2) is 5.91. The van der Waals surface area contributed by atoms with Gasteiger partial charge in [-0.1, -0.05) is 13.8 Å². The third-order valence-corrected chi connectivity index (χ3v) is 7.12. The van der Waals surface area contributed by atoms with E-state index in [1.165, 1.54) is 0 Å². The van der Waals surface area contributed by atoms with Gasteiger partial charge in [0.05, 0.1) is 24.6 Å². The van der Waals surface area contributed by atoms with Gasteiger partial charge in [0.15, 0.2) is 9.84 Å². The van der Waals surface area contributed by atoms with E-state index in [1.807, 2.05) is 27.7 Å². The van der Waals surface area contributed by atoms with Gasteiger partial charge in [-0.05, 0) is 26.7 Å². The van der Waals surface area contributed by atoms with Crippen molar-refractivity contribution in [1.29, 1.82) is 0 Å². The molecule has 2 rings (SSSR count). The average molecular weight is 306 g/mol. The Balaban J connectivity index is 2.11. The van der Waals surface area contributed by atoms with E-state index in [9.17, 15) is 8.42 Å². The molecular formula is C14H26O5S. The minimum atomic E-state index is -3.25. The van der Waals surface area contributed by atoms with E-state index >= 15 is 0 Å². The summed E-state index contributed by atoms with van der Waals surface area (Å²) in [5.74, 6) is 0.0863. The lowest BCUT2D eigenvalue weighted by Crippen LogP contribution is -2.42. The predicted molar refractivity (Wildman–Crippen MR) is 76.5 cm³/mol. The highest BCUT2D eigenvalue weighted by Crippen LogP contribution is 2.35. The molecule has 0 bridgehead atoms. The van der Waals surface area contributed by atoms with Crippen LogP contribution in [0.5, 0.6) is 0 Å². The van der Waals surface area contributed by atoms with Gasteiger partial charge in [-0.25, -0.2) is 8.42 Å². The summed E-state index contributed by atoms with van der Waals surface area (Å²) in [4.78, 5) is 0. The Morgan fingerprint density at radius 3 is 2.15 bits per heavy atom. The summed E-state index contributed by atoms with van der Waals surface area (Å²) < 4.78 is 42.4. The van der Waals surface area contributed by atoms with Crippen molar-refractivity contribution < 1.29 is 22.6 Å². The third-order valence-electron chi connectivity index (χ3n) is 4.29. The molecule has 5 nitrogen and oxygen atoms in total. The first-order valence-electron chi connectivity index (χ1n) is 7.36. The molecule has 20 heavy (non-hydrogen) atoms. The third kappa shape index (κ3) is 2.89. The smallest absolute Gasteiger partial charge is 0.160 e. The molecule has 0 aromatic rings. The van der Waals surface area contributed by atoms with Crippen LogP contribution >= 0.6 is 0 Å². The first-order valence-corrected chi connectivity index (χ1v) is 8.97. The Labute approximate surface area is 121 Å². The molecule has 0 saturated carbocycles. The molecule has 0 aliphatic carbocycles. The van der Waals surface area contributed by atoms with E-state index in [0.29, 0.717) is 6.61 Å². The van der Waals surface area contributed by atoms with Gasteiger partial charge < -0.3 is 14.2 Å². The molecule has 0 aromatic carbocycles. The summed E-state index contributed by atoms with van der Waals surface area (Å²) in [5, 5.41) is -0.950. The maximum atomic E-state index is 12.6. The van der Waals surface area contributed by atoms with Crippen LogP contribution in [0.3, 0.4) is 0 Å². The minimum absolute atomic E-state index is 0.0798. The van der Waals surface area contributed by atoms with Crippen molar-refractivity contribution in [1.82, 2.24) is 0 Å². The van der Waals surface area contributed by atoms with E-state index in [0.717, 1.165) is 0 Å². The van der Waals surface area contributed by atoms with Gasteiger partial charge in [0.1, 0.15) is 23.6 Å². The molecule has 3 unspecified atom stereocenters. The second-order valence-corrected chi connectivity index (χ2v) is 8.92. The van der Waals surface area contributed by atoms with Crippen LogP contribution in [-0.4, -0.2) is 56.5 Å². The number of hydrogen-bond donors (Lipinski definition) is 0. The van der Waals surface area contributed by atoms with Gasteiger partial charge in [0.2, 0.25) is 0 Å². The quantitative estimate of drug-likeness (QED) is 0.768. The van der Waals surface area contributed by atoms with Crippen LogP contribution < -0.4 is 0 Å². The Kier molecular flexibility index (Phi) is 4.79. The fraction of sp³-hybridized carbons (Fsp3) is 1.00. The van der Waals surface area contributed by atoms with E-state index in [-0.39, 0.29) is 42.2 Å². The normalized spacial score (nSPS) is 35.8. The lowest BCUT2D eigenvalue weighted by atomic mass is 10.1. The van der Waals surface area contributed by atoms with Crippen LogP contribution in [0.15, 0.2) is 0 Å². The summed E-state index contributed by atoms with van der Waals surface area (Å²) in [5.41, 5.74) is 0. The fourth-order valence-electron chi connectivity index (χ4n) is 2.83. The van der Waals surface area contributed by atoms with Crippen molar-refractivity contribution in [3.05, 3.63) is 0 Å². The van der Waals surface area contributed by atoms with E-state index in [1.54, 1.807) is 6.92 Å². The minimum Gasteiger partial charge on any atom is -0.371 e. The number of hydrogen-bond acceptors (Lipinski definition) is 5. The van der Waals surface area contributed by atoms with E-state index in [4.69, 9.17) is 14.2 Å². The molecule has 2 fully saturated rings. The van der Waals surface area contributed by atoms with E-state index in [2.05, 4.69) is 0 Å². The van der Waals surface area contributed by atoms with Crippen LogP contribution in [0.4, 0.5) is 0 Å². The van der Waals surface area contributed by atoms with Crippen LogP contribution in [0.2, 0.25) is 0 Å². The van der Waals surface area contributed by atoms with Crippen LogP contribution in [0.25, 0.3) is 0 Å². The number of ether oxygens (including phenoxy) is 3. The Bertz CT molecular complexity index is 431. The Hall–Kier alpha value is -0.170. The van der Waals surface area contributed by atoms with Gasteiger partial charge in [-0.2, -0.15) is 0 Å². The SMILES string of the molecule is CC(C)OC1CO[C@@H]2C(S(=O)(=O)C(C)C(C)C)CO[C@H]12. The largest absolute Gasteiger partial charge is 0.371 e. The summed E-state index contributed by atoms with van der Waals surface area (Å²) in [7, 11) is -3.25.